The molecule has 0 saturated carbocycles. The average molecular weight is 300 g/mol. The number of carbonyl (C=O) groups excluding carboxylic acids is 1. The lowest BCUT2D eigenvalue weighted by Gasteiger charge is -2.26. The molecular weight excluding hydrogens is 282 g/mol. The average Bonchev–Trinajstić information content (AvgIpc) is 2.25. The quantitative estimate of drug-likeness (QED) is 0.906. The maximum absolute atomic E-state index is 12.1. The van der Waals surface area contributed by atoms with Gasteiger partial charge in [0.1, 0.15) is 0 Å². The fourth-order valence-corrected chi connectivity index (χ4v) is 2.15. The molecule has 1 aromatic rings. The Bertz CT molecular complexity index is 379. The van der Waals surface area contributed by atoms with Crippen LogP contribution in [0.4, 0.5) is 0 Å². The van der Waals surface area contributed by atoms with Crippen molar-refractivity contribution in [2.45, 2.75) is 26.3 Å². The number of nitrogens with zero attached hydrogens (tertiary/aromatic N) is 1. The molecule has 0 aliphatic carbocycles. The number of rotatable bonds is 5. The molecular formula is C13H18BrNO2. The van der Waals surface area contributed by atoms with Crippen LogP contribution in [0.15, 0.2) is 28.7 Å². The summed E-state index contributed by atoms with van der Waals surface area (Å²) in [7, 11) is 0. The van der Waals surface area contributed by atoms with Crippen molar-refractivity contribution < 1.29 is 9.90 Å². The van der Waals surface area contributed by atoms with E-state index in [1.807, 2.05) is 38.1 Å². The minimum Gasteiger partial charge on any atom is -0.395 e. The first-order valence-electron chi connectivity index (χ1n) is 5.69. The number of aliphatic hydroxyl groups excluding tert-OH is 1. The third kappa shape index (κ3) is 4.48. The largest absolute Gasteiger partial charge is 0.395 e. The van der Waals surface area contributed by atoms with Gasteiger partial charge in [0.2, 0.25) is 5.91 Å². The molecule has 0 unspecified atom stereocenters. The standard InChI is InChI=1S/C13H18BrNO2/c1-10(2)15(6-7-16)13(17)9-11-4-3-5-12(14)8-11/h3-5,8,10,16H,6-7,9H2,1-2H3. The minimum absolute atomic E-state index is 0.00239. The number of carbonyl (C=O) groups is 1. The summed E-state index contributed by atoms with van der Waals surface area (Å²) in [6, 6.07) is 7.83. The van der Waals surface area contributed by atoms with Crippen molar-refractivity contribution in [1.82, 2.24) is 4.90 Å². The summed E-state index contributed by atoms with van der Waals surface area (Å²) in [6.07, 6.45) is 0.373. The van der Waals surface area contributed by atoms with Crippen molar-refractivity contribution in [2.75, 3.05) is 13.2 Å². The van der Waals surface area contributed by atoms with Crippen molar-refractivity contribution in [3.8, 4) is 0 Å². The highest BCUT2D eigenvalue weighted by molar-refractivity contribution is 9.10. The first-order chi connectivity index (χ1) is 8.04. The molecule has 0 aliphatic heterocycles. The second kappa shape index (κ2) is 6.77. The Morgan fingerprint density at radius 3 is 2.71 bits per heavy atom. The first kappa shape index (κ1) is 14.2. The predicted octanol–water partition coefficient (Wildman–Crippen LogP) is 2.22. The highest BCUT2D eigenvalue weighted by atomic mass is 79.9. The second-order valence-electron chi connectivity index (χ2n) is 4.21. The van der Waals surface area contributed by atoms with Gasteiger partial charge in [0.05, 0.1) is 13.0 Å². The van der Waals surface area contributed by atoms with E-state index in [2.05, 4.69) is 15.9 Å². The van der Waals surface area contributed by atoms with E-state index in [-0.39, 0.29) is 18.6 Å². The summed E-state index contributed by atoms with van der Waals surface area (Å²) in [5, 5.41) is 8.94. The summed E-state index contributed by atoms with van der Waals surface area (Å²) in [5.41, 5.74) is 0.980. The molecule has 1 aromatic carbocycles. The van der Waals surface area contributed by atoms with Gasteiger partial charge in [-0.3, -0.25) is 4.79 Å². The number of amides is 1. The zero-order chi connectivity index (χ0) is 12.8. The molecule has 0 aliphatic rings. The highest BCUT2D eigenvalue weighted by Crippen LogP contribution is 2.13. The van der Waals surface area contributed by atoms with Crippen molar-refractivity contribution in [2.24, 2.45) is 0 Å². The molecule has 1 rings (SSSR count). The molecule has 94 valence electrons. The van der Waals surface area contributed by atoms with E-state index in [9.17, 15) is 4.79 Å². The van der Waals surface area contributed by atoms with Crippen molar-refractivity contribution in [1.29, 1.82) is 0 Å². The van der Waals surface area contributed by atoms with E-state index in [1.54, 1.807) is 4.90 Å². The van der Waals surface area contributed by atoms with Gasteiger partial charge >= 0.3 is 0 Å². The molecule has 0 spiro atoms. The molecule has 1 amide bonds. The van der Waals surface area contributed by atoms with Gasteiger partial charge in [-0.2, -0.15) is 0 Å². The zero-order valence-corrected chi connectivity index (χ0v) is 11.8. The predicted molar refractivity (Wildman–Crippen MR) is 71.8 cm³/mol. The summed E-state index contributed by atoms with van der Waals surface area (Å²) < 4.78 is 0.973. The van der Waals surface area contributed by atoms with Crippen LogP contribution in [0, 0.1) is 0 Å². The Labute approximate surface area is 111 Å². The van der Waals surface area contributed by atoms with Crippen molar-refractivity contribution >= 4 is 21.8 Å². The lowest BCUT2D eigenvalue weighted by molar-refractivity contribution is -0.132. The van der Waals surface area contributed by atoms with Crippen LogP contribution < -0.4 is 0 Å². The number of hydrogen-bond donors (Lipinski definition) is 1. The van der Waals surface area contributed by atoms with E-state index in [1.165, 1.54) is 0 Å². The third-order valence-electron chi connectivity index (χ3n) is 2.53. The molecule has 0 aromatic heterocycles. The summed E-state index contributed by atoms with van der Waals surface area (Å²) in [4.78, 5) is 13.8. The van der Waals surface area contributed by atoms with E-state index in [0.29, 0.717) is 13.0 Å². The van der Waals surface area contributed by atoms with Gasteiger partial charge in [-0.05, 0) is 31.5 Å². The normalized spacial score (nSPS) is 10.6. The van der Waals surface area contributed by atoms with Gasteiger partial charge in [-0.25, -0.2) is 0 Å². The maximum Gasteiger partial charge on any atom is 0.227 e. The second-order valence-corrected chi connectivity index (χ2v) is 5.13. The lowest BCUT2D eigenvalue weighted by Crippen LogP contribution is -2.39. The molecule has 0 saturated heterocycles. The van der Waals surface area contributed by atoms with Gasteiger partial charge in [0.15, 0.2) is 0 Å². The summed E-state index contributed by atoms with van der Waals surface area (Å²) in [5.74, 6) is 0.0483. The van der Waals surface area contributed by atoms with Crippen molar-refractivity contribution in [3.05, 3.63) is 34.3 Å². The van der Waals surface area contributed by atoms with Gasteiger partial charge in [0.25, 0.3) is 0 Å². The van der Waals surface area contributed by atoms with Gasteiger partial charge < -0.3 is 10.0 Å². The van der Waals surface area contributed by atoms with Gasteiger partial charge in [-0.15, -0.1) is 0 Å². The molecule has 0 fully saturated rings. The zero-order valence-electron chi connectivity index (χ0n) is 10.2. The van der Waals surface area contributed by atoms with Crippen LogP contribution in [-0.2, 0) is 11.2 Å². The Morgan fingerprint density at radius 1 is 1.47 bits per heavy atom. The molecule has 17 heavy (non-hydrogen) atoms. The number of halogens is 1. The fourth-order valence-electron chi connectivity index (χ4n) is 1.70. The fraction of sp³-hybridized carbons (Fsp3) is 0.462. The Morgan fingerprint density at radius 2 is 2.18 bits per heavy atom. The Balaban J connectivity index is 2.69. The minimum atomic E-state index is 0.00239. The Kier molecular flexibility index (Phi) is 5.65. The van der Waals surface area contributed by atoms with Crippen LogP contribution in [0.3, 0.4) is 0 Å². The van der Waals surface area contributed by atoms with Crippen LogP contribution in [0.25, 0.3) is 0 Å². The molecule has 0 radical (unpaired) electrons. The van der Waals surface area contributed by atoms with Crippen molar-refractivity contribution in [3.63, 3.8) is 0 Å². The molecule has 0 heterocycles. The number of benzene rings is 1. The van der Waals surface area contributed by atoms with Crippen LogP contribution >= 0.6 is 15.9 Å². The SMILES string of the molecule is CC(C)N(CCO)C(=O)Cc1cccc(Br)c1. The summed E-state index contributed by atoms with van der Waals surface area (Å²) in [6.45, 7) is 4.30. The van der Waals surface area contributed by atoms with E-state index in [0.717, 1.165) is 10.0 Å². The Hall–Kier alpha value is -0.870. The molecule has 1 N–H and O–H groups in total. The maximum atomic E-state index is 12.1. The van der Waals surface area contributed by atoms with Gasteiger partial charge in [0, 0.05) is 17.1 Å². The van der Waals surface area contributed by atoms with Crippen LogP contribution in [0.2, 0.25) is 0 Å². The highest BCUT2D eigenvalue weighted by Gasteiger charge is 2.16. The molecule has 0 bridgehead atoms. The van der Waals surface area contributed by atoms with E-state index < -0.39 is 0 Å². The van der Waals surface area contributed by atoms with Gasteiger partial charge in [-0.1, -0.05) is 28.1 Å². The third-order valence-corrected chi connectivity index (χ3v) is 3.02. The molecule has 0 atom stereocenters. The number of aliphatic hydroxyl groups is 1. The lowest BCUT2D eigenvalue weighted by atomic mass is 10.1. The molecule has 4 heteroatoms. The smallest absolute Gasteiger partial charge is 0.227 e. The molecule has 3 nitrogen and oxygen atoms in total. The first-order valence-corrected chi connectivity index (χ1v) is 6.48. The van der Waals surface area contributed by atoms with Crippen LogP contribution in [0.5, 0.6) is 0 Å². The van der Waals surface area contributed by atoms with E-state index >= 15 is 0 Å². The van der Waals surface area contributed by atoms with Crippen LogP contribution in [-0.4, -0.2) is 35.1 Å². The van der Waals surface area contributed by atoms with Crippen LogP contribution in [0.1, 0.15) is 19.4 Å². The van der Waals surface area contributed by atoms with E-state index in [4.69, 9.17) is 5.11 Å². The summed E-state index contributed by atoms with van der Waals surface area (Å²) >= 11 is 3.38. The number of hydrogen-bond acceptors (Lipinski definition) is 2. The topological polar surface area (TPSA) is 40.5 Å². The monoisotopic (exact) mass is 299 g/mol.